The van der Waals surface area contributed by atoms with Gasteiger partial charge < -0.3 is 14.6 Å². The molecule has 1 amide bonds. The molecule has 1 N–H and O–H groups in total. The first-order valence-electron chi connectivity index (χ1n) is 10.6. The Bertz CT molecular complexity index is 1020. The van der Waals surface area contributed by atoms with Gasteiger partial charge in [0.1, 0.15) is 5.75 Å². The van der Waals surface area contributed by atoms with Crippen LogP contribution in [-0.4, -0.2) is 45.9 Å². The van der Waals surface area contributed by atoms with Gasteiger partial charge in [-0.05, 0) is 44.0 Å². The van der Waals surface area contributed by atoms with Crippen molar-refractivity contribution < 1.29 is 14.1 Å². The minimum atomic E-state index is -0.256. The van der Waals surface area contributed by atoms with E-state index in [1.807, 2.05) is 42.2 Å². The molecule has 0 unspecified atom stereocenters. The number of amides is 1. The second kappa shape index (κ2) is 9.34. The maximum Gasteiger partial charge on any atom is 0.290 e. The van der Waals surface area contributed by atoms with Crippen LogP contribution in [0, 0.1) is 6.92 Å². The molecular weight excluding hydrogens is 394 g/mol. The first-order valence-corrected chi connectivity index (χ1v) is 10.6. The number of aromatic nitrogens is 3. The molecule has 3 heterocycles. The number of nitrogens with one attached hydrogen (secondary N) is 1. The molecule has 1 aromatic carbocycles. The first-order chi connectivity index (χ1) is 15.0. The number of carbonyl (C=O) groups is 1. The van der Waals surface area contributed by atoms with E-state index in [0.29, 0.717) is 6.54 Å². The molecule has 1 saturated heterocycles. The smallest absolute Gasteiger partial charge is 0.290 e. The van der Waals surface area contributed by atoms with E-state index in [1.54, 1.807) is 13.2 Å². The van der Waals surface area contributed by atoms with Crippen LogP contribution in [0.2, 0.25) is 0 Å². The Kier molecular flexibility index (Phi) is 6.36. The zero-order valence-corrected chi connectivity index (χ0v) is 18.3. The molecule has 4 rings (SSSR count). The lowest BCUT2D eigenvalue weighted by atomic mass is 9.94. The monoisotopic (exact) mass is 423 g/mol. The van der Waals surface area contributed by atoms with E-state index in [1.165, 1.54) is 11.3 Å². The zero-order valence-electron chi connectivity index (χ0n) is 18.3. The molecule has 1 aliphatic rings. The maximum absolute atomic E-state index is 12.5. The van der Waals surface area contributed by atoms with Gasteiger partial charge in [-0.1, -0.05) is 17.3 Å². The number of hydrogen-bond acceptors (Lipinski definition) is 6. The molecule has 3 aromatic rings. The summed E-state index contributed by atoms with van der Waals surface area (Å²) in [5, 5.41) is 11.4. The molecule has 0 saturated carbocycles. The van der Waals surface area contributed by atoms with E-state index in [2.05, 4.69) is 27.4 Å². The van der Waals surface area contributed by atoms with E-state index < -0.39 is 0 Å². The normalized spacial score (nSPS) is 16.9. The van der Waals surface area contributed by atoms with Crippen LogP contribution in [0.25, 0.3) is 0 Å². The van der Waals surface area contributed by atoms with Gasteiger partial charge in [-0.25, -0.2) is 0 Å². The number of carbonyl (C=O) groups excluding carboxylic acids is 1. The summed E-state index contributed by atoms with van der Waals surface area (Å²) in [5.74, 6) is 1.05. The lowest BCUT2D eigenvalue weighted by Gasteiger charge is -2.31. The highest BCUT2D eigenvalue weighted by Crippen LogP contribution is 2.28. The fraction of sp³-hybridized carbons (Fsp3) is 0.435. The quantitative estimate of drug-likeness (QED) is 0.629. The van der Waals surface area contributed by atoms with Gasteiger partial charge in [0.15, 0.2) is 0 Å². The number of rotatable bonds is 7. The van der Waals surface area contributed by atoms with Crippen molar-refractivity contribution in [1.82, 2.24) is 25.2 Å². The van der Waals surface area contributed by atoms with Crippen molar-refractivity contribution in [2.24, 2.45) is 7.05 Å². The molecular formula is C23H29N5O3. The van der Waals surface area contributed by atoms with Crippen LogP contribution in [0.5, 0.6) is 5.75 Å². The van der Waals surface area contributed by atoms with Crippen LogP contribution in [0.3, 0.4) is 0 Å². The summed E-state index contributed by atoms with van der Waals surface area (Å²) < 4.78 is 12.4. The molecule has 1 atom stereocenters. The third kappa shape index (κ3) is 4.96. The van der Waals surface area contributed by atoms with E-state index in [-0.39, 0.29) is 17.6 Å². The van der Waals surface area contributed by atoms with Crippen LogP contribution in [0.4, 0.5) is 0 Å². The fourth-order valence-corrected chi connectivity index (χ4v) is 3.98. The van der Waals surface area contributed by atoms with Gasteiger partial charge >= 0.3 is 0 Å². The van der Waals surface area contributed by atoms with Crippen molar-refractivity contribution in [3.8, 4) is 5.75 Å². The summed E-state index contributed by atoms with van der Waals surface area (Å²) in [7, 11) is 3.60. The largest absolute Gasteiger partial charge is 0.497 e. The second-order valence-electron chi connectivity index (χ2n) is 8.10. The molecule has 8 heteroatoms. The molecule has 164 valence electrons. The molecule has 2 aromatic heterocycles. The van der Waals surface area contributed by atoms with E-state index in [9.17, 15) is 4.79 Å². The van der Waals surface area contributed by atoms with E-state index in [0.717, 1.165) is 49.5 Å². The molecule has 0 bridgehead atoms. The third-order valence-electron chi connectivity index (χ3n) is 6.02. The van der Waals surface area contributed by atoms with Crippen LogP contribution in [0.1, 0.15) is 51.8 Å². The third-order valence-corrected chi connectivity index (χ3v) is 6.02. The fourth-order valence-electron chi connectivity index (χ4n) is 3.98. The van der Waals surface area contributed by atoms with Gasteiger partial charge in [0.05, 0.1) is 19.0 Å². The summed E-state index contributed by atoms with van der Waals surface area (Å²) in [5.41, 5.74) is 4.28. The Labute approximate surface area is 182 Å². The topological polar surface area (TPSA) is 85.4 Å². The molecule has 0 aliphatic carbocycles. The van der Waals surface area contributed by atoms with Crippen molar-refractivity contribution in [1.29, 1.82) is 0 Å². The van der Waals surface area contributed by atoms with Crippen molar-refractivity contribution in [2.45, 2.75) is 38.8 Å². The lowest BCUT2D eigenvalue weighted by molar-refractivity contribution is 0.0913. The standard InChI is InChI=1S/C23H29N5O3/c1-16-19(13-25-27(16)2)15-28-10-4-5-18(14-28)21-11-22(31-26-21)23(29)24-12-17-6-8-20(30-3)9-7-17/h6-9,11,13,18H,4-5,10,12,14-15H2,1-3H3,(H,24,29)/t18-/m1/s1. The molecule has 0 spiro atoms. The highest BCUT2D eigenvalue weighted by Gasteiger charge is 2.26. The number of likely N-dealkylation sites (tertiary alicyclic amines) is 1. The predicted molar refractivity (Wildman–Crippen MR) is 116 cm³/mol. The van der Waals surface area contributed by atoms with Crippen LogP contribution >= 0.6 is 0 Å². The average molecular weight is 424 g/mol. The Morgan fingerprint density at radius 1 is 1.32 bits per heavy atom. The molecule has 1 aliphatic heterocycles. The first kappa shape index (κ1) is 21.1. The predicted octanol–water partition coefficient (Wildman–Crippen LogP) is 3.03. The van der Waals surface area contributed by atoms with Gasteiger partial charge in [0.2, 0.25) is 5.76 Å². The van der Waals surface area contributed by atoms with Crippen molar-refractivity contribution in [2.75, 3.05) is 20.2 Å². The minimum Gasteiger partial charge on any atom is -0.497 e. The number of aryl methyl sites for hydroxylation is 1. The van der Waals surface area contributed by atoms with Crippen LogP contribution in [0.15, 0.2) is 41.1 Å². The summed E-state index contributed by atoms with van der Waals surface area (Å²) in [4.78, 5) is 14.9. The van der Waals surface area contributed by atoms with Gasteiger partial charge in [-0.3, -0.25) is 14.4 Å². The van der Waals surface area contributed by atoms with Crippen LogP contribution < -0.4 is 10.1 Å². The van der Waals surface area contributed by atoms with Gasteiger partial charge in [-0.15, -0.1) is 0 Å². The zero-order chi connectivity index (χ0) is 21.8. The van der Waals surface area contributed by atoms with Crippen molar-refractivity contribution >= 4 is 5.91 Å². The summed E-state index contributed by atoms with van der Waals surface area (Å²) in [6, 6.07) is 9.37. The molecule has 1 fully saturated rings. The Balaban J connectivity index is 1.33. The number of methoxy groups -OCH3 is 1. The van der Waals surface area contributed by atoms with Crippen molar-refractivity contribution in [3.05, 3.63) is 64.8 Å². The second-order valence-corrected chi connectivity index (χ2v) is 8.10. The lowest BCUT2D eigenvalue weighted by Crippen LogP contribution is -2.34. The van der Waals surface area contributed by atoms with E-state index in [4.69, 9.17) is 9.26 Å². The Hall–Kier alpha value is -3.13. The van der Waals surface area contributed by atoms with Gasteiger partial charge in [0.25, 0.3) is 5.91 Å². The highest BCUT2D eigenvalue weighted by atomic mass is 16.5. The number of hydrogen-bond donors (Lipinski definition) is 1. The Morgan fingerprint density at radius 3 is 2.84 bits per heavy atom. The number of piperidine rings is 1. The molecule has 8 nitrogen and oxygen atoms in total. The summed E-state index contributed by atoms with van der Waals surface area (Å²) >= 11 is 0. The van der Waals surface area contributed by atoms with Crippen LogP contribution in [-0.2, 0) is 20.1 Å². The summed E-state index contributed by atoms with van der Waals surface area (Å²) in [6.45, 7) is 5.34. The average Bonchev–Trinajstić information content (AvgIpc) is 3.41. The van der Waals surface area contributed by atoms with Gasteiger partial charge in [0, 0.05) is 49.9 Å². The maximum atomic E-state index is 12.5. The summed E-state index contributed by atoms with van der Waals surface area (Å²) in [6.07, 6.45) is 4.08. The number of ether oxygens (including phenoxy) is 1. The molecule has 0 radical (unpaired) electrons. The highest BCUT2D eigenvalue weighted by molar-refractivity contribution is 5.91. The SMILES string of the molecule is COc1ccc(CNC(=O)c2cc([C@@H]3CCCN(Cc4cnn(C)c4C)C3)no2)cc1. The van der Waals surface area contributed by atoms with E-state index >= 15 is 0 Å². The van der Waals surface area contributed by atoms with Gasteiger partial charge in [-0.2, -0.15) is 5.10 Å². The number of benzene rings is 1. The minimum absolute atomic E-state index is 0.253. The Morgan fingerprint density at radius 2 is 2.13 bits per heavy atom. The van der Waals surface area contributed by atoms with Crippen molar-refractivity contribution in [3.63, 3.8) is 0 Å². The number of nitrogens with zero attached hydrogens (tertiary/aromatic N) is 4. The molecule has 31 heavy (non-hydrogen) atoms.